The van der Waals surface area contributed by atoms with Crippen molar-refractivity contribution in [2.45, 2.75) is 6.30 Å². The Morgan fingerprint density at radius 3 is 2.86 bits per heavy atom. The molecule has 0 radical (unpaired) electrons. The van der Waals surface area contributed by atoms with E-state index in [1.807, 2.05) is 0 Å². The van der Waals surface area contributed by atoms with E-state index in [4.69, 9.17) is 4.74 Å². The fourth-order valence-corrected chi connectivity index (χ4v) is 1.45. The van der Waals surface area contributed by atoms with Crippen LogP contribution >= 0.6 is 0 Å². The van der Waals surface area contributed by atoms with Crippen LogP contribution in [-0.2, 0) is 0 Å². The molecule has 1 aliphatic rings. The number of para-hydroxylation sites is 1. The van der Waals surface area contributed by atoms with Gasteiger partial charge in [0.1, 0.15) is 11.4 Å². The lowest BCUT2D eigenvalue weighted by Gasteiger charge is -2.11. The van der Waals surface area contributed by atoms with Crippen molar-refractivity contribution in [2.24, 2.45) is 0 Å². The van der Waals surface area contributed by atoms with Crippen molar-refractivity contribution in [1.82, 2.24) is 0 Å². The van der Waals surface area contributed by atoms with Gasteiger partial charge < -0.3 is 4.74 Å². The van der Waals surface area contributed by atoms with Crippen molar-refractivity contribution >= 4 is 11.5 Å². The molecule has 74 valence electrons. The lowest BCUT2D eigenvalue weighted by atomic mass is 10.1. The number of hydrogen-bond donors (Lipinski definition) is 0. The summed E-state index contributed by atoms with van der Waals surface area (Å²) in [4.78, 5) is 11.2. The molecule has 0 saturated carbocycles. The average molecular weight is 199 g/mol. The summed E-state index contributed by atoms with van der Waals surface area (Å²) >= 11 is 0. The first kappa shape index (κ1) is 8.93. The fourth-order valence-electron chi connectivity index (χ4n) is 1.45. The number of rotatable bonds is 1. The van der Waals surface area contributed by atoms with E-state index in [9.17, 15) is 13.7 Å². The Morgan fingerprint density at radius 2 is 2.21 bits per heavy atom. The Kier molecular flexibility index (Phi) is 1.87. The zero-order valence-electron chi connectivity index (χ0n) is 7.33. The van der Waals surface area contributed by atoms with Crippen LogP contribution in [0.2, 0.25) is 0 Å². The summed E-state index contributed by atoms with van der Waals surface area (Å²) in [7, 11) is 1.33. The average Bonchev–Trinajstić information content (AvgIpc) is 2.44. The van der Waals surface area contributed by atoms with Crippen LogP contribution in [-0.4, -0.2) is 19.2 Å². The number of fused-ring (bicyclic) bond motifs is 1. The largest absolute Gasteiger partial charge is 0.494 e. The Bertz CT molecular complexity index is 394. The van der Waals surface area contributed by atoms with Crippen molar-refractivity contribution < 1.29 is 18.4 Å². The first-order valence-corrected chi connectivity index (χ1v) is 3.97. The third-order valence-corrected chi connectivity index (χ3v) is 2.11. The maximum absolute atomic E-state index is 13.2. The van der Waals surface area contributed by atoms with E-state index in [1.54, 1.807) is 0 Å². The van der Waals surface area contributed by atoms with Gasteiger partial charge in [-0.25, -0.2) is 4.39 Å². The number of hydrogen-bond acceptors (Lipinski definition) is 3. The van der Waals surface area contributed by atoms with Gasteiger partial charge in [-0.15, -0.1) is 0 Å². The normalized spacial score (nSPS) is 19.8. The number of methoxy groups -OCH3 is 1. The summed E-state index contributed by atoms with van der Waals surface area (Å²) in [5.41, 5.74) is -0.119. The van der Waals surface area contributed by atoms with E-state index in [2.05, 4.69) is 0 Å². The summed E-state index contributed by atoms with van der Waals surface area (Å²) in [6.07, 6.45) is -2.25. The third kappa shape index (κ3) is 0.982. The van der Waals surface area contributed by atoms with E-state index >= 15 is 0 Å². The van der Waals surface area contributed by atoms with Crippen LogP contribution in [0.4, 0.5) is 14.6 Å². The smallest absolute Gasteiger partial charge is 0.263 e. The quantitative estimate of drug-likeness (QED) is 0.510. The minimum Gasteiger partial charge on any atom is -0.494 e. The number of ketones is 1. The van der Waals surface area contributed by atoms with E-state index < -0.39 is 12.1 Å². The molecular weight excluding hydrogens is 192 g/mol. The number of Topliss-reactive ketones (excluding diaryl/α,β-unsaturated/α-hetero) is 1. The molecule has 0 aromatic heterocycles. The van der Waals surface area contributed by atoms with E-state index in [-0.39, 0.29) is 22.1 Å². The van der Waals surface area contributed by atoms with Crippen molar-refractivity contribution in [3.8, 4) is 5.75 Å². The lowest BCUT2D eigenvalue weighted by Crippen LogP contribution is -2.23. The van der Waals surface area contributed by atoms with Gasteiger partial charge in [-0.2, -0.15) is 5.12 Å². The number of nitrogens with zero attached hydrogens (tertiary/aromatic N) is 1. The predicted molar refractivity (Wildman–Crippen MR) is 45.8 cm³/mol. The van der Waals surface area contributed by atoms with Crippen LogP contribution in [0.25, 0.3) is 0 Å². The molecule has 0 amide bonds. The van der Waals surface area contributed by atoms with Crippen LogP contribution in [0.15, 0.2) is 18.2 Å². The molecule has 1 unspecified atom stereocenters. The molecular formula is C9H7F2NO2. The molecule has 1 aromatic rings. The molecule has 14 heavy (non-hydrogen) atoms. The molecule has 0 N–H and O–H groups in total. The zero-order valence-corrected chi connectivity index (χ0v) is 7.33. The van der Waals surface area contributed by atoms with Crippen LogP contribution < -0.4 is 9.86 Å². The molecule has 1 atom stereocenters. The van der Waals surface area contributed by atoms with E-state index in [0.717, 1.165) is 0 Å². The number of carbonyl (C=O) groups is 1. The van der Waals surface area contributed by atoms with Crippen LogP contribution in [0.3, 0.4) is 0 Å². The van der Waals surface area contributed by atoms with Gasteiger partial charge in [0.15, 0.2) is 0 Å². The van der Waals surface area contributed by atoms with E-state index in [0.29, 0.717) is 0 Å². The van der Waals surface area contributed by atoms with Gasteiger partial charge in [0.05, 0.1) is 12.7 Å². The molecule has 5 heteroatoms. The molecule has 3 nitrogen and oxygen atoms in total. The minimum atomic E-state index is -2.25. The molecule has 0 aliphatic carbocycles. The summed E-state index contributed by atoms with van der Waals surface area (Å²) < 4.78 is 31.0. The monoisotopic (exact) mass is 199 g/mol. The number of anilines is 1. The van der Waals surface area contributed by atoms with Crippen molar-refractivity contribution in [1.29, 1.82) is 0 Å². The second kappa shape index (κ2) is 2.94. The highest BCUT2D eigenvalue weighted by molar-refractivity contribution is 6.10. The zero-order chi connectivity index (χ0) is 10.3. The molecule has 0 spiro atoms. The number of ether oxygens (including phenoxy) is 1. The lowest BCUT2D eigenvalue weighted by molar-refractivity contribution is 0.0856. The van der Waals surface area contributed by atoms with Gasteiger partial charge in [-0.05, 0) is 12.1 Å². The standard InChI is InChI=1S/C9H7F2NO2/c1-14-6-4-2-3-5-7(6)12(11)9(10)8(5)13/h2-4,9H,1H3. The third-order valence-electron chi connectivity index (χ3n) is 2.11. The van der Waals surface area contributed by atoms with Crippen LogP contribution in [0, 0.1) is 0 Å². The maximum Gasteiger partial charge on any atom is 0.263 e. The summed E-state index contributed by atoms with van der Waals surface area (Å²) in [6, 6.07) is 4.35. The van der Waals surface area contributed by atoms with E-state index in [1.165, 1.54) is 25.3 Å². The topological polar surface area (TPSA) is 29.5 Å². The van der Waals surface area contributed by atoms with Gasteiger partial charge in [-0.3, -0.25) is 4.79 Å². The highest BCUT2D eigenvalue weighted by Crippen LogP contribution is 2.40. The molecule has 0 fully saturated rings. The Hall–Kier alpha value is -1.65. The van der Waals surface area contributed by atoms with Gasteiger partial charge >= 0.3 is 0 Å². The van der Waals surface area contributed by atoms with Gasteiger partial charge in [0.2, 0.25) is 5.78 Å². The van der Waals surface area contributed by atoms with Crippen molar-refractivity contribution in [3.05, 3.63) is 23.8 Å². The van der Waals surface area contributed by atoms with Gasteiger partial charge in [-0.1, -0.05) is 10.5 Å². The van der Waals surface area contributed by atoms with Gasteiger partial charge in [0, 0.05) is 0 Å². The first-order chi connectivity index (χ1) is 6.66. The molecule has 1 aliphatic heterocycles. The number of halogens is 2. The molecule has 2 rings (SSSR count). The molecule has 1 heterocycles. The molecule has 0 bridgehead atoms. The Labute approximate surface area is 78.8 Å². The maximum atomic E-state index is 13.2. The second-order valence-electron chi connectivity index (χ2n) is 2.87. The summed E-state index contributed by atoms with van der Waals surface area (Å²) in [6.45, 7) is 0. The summed E-state index contributed by atoms with van der Waals surface area (Å²) in [5.74, 6) is -0.722. The van der Waals surface area contributed by atoms with Crippen molar-refractivity contribution in [3.63, 3.8) is 0 Å². The summed E-state index contributed by atoms with van der Waals surface area (Å²) in [5, 5.41) is -0.212. The van der Waals surface area contributed by atoms with Crippen LogP contribution in [0.1, 0.15) is 10.4 Å². The molecule has 0 saturated heterocycles. The first-order valence-electron chi connectivity index (χ1n) is 3.97. The van der Waals surface area contributed by atoms with Crippen molar-refractivity contribution in [2.75, 3.05) is 12.2 Å². The Morgan fingerprint density at radius 1 is 1.50 bits per heavy atom. The molecule has 1 aromatic carbocycles. The Balaban J connectivity index is 2.63. The minimum absolute atomic E-state index is 0.0133. The highest BCUT2D eigenvalue weighted by atomic mass is 19.2. The number of benzene rings is 1. The number of alkyl halides is 1. The predicted octanol–water partition coefficient (Wildman–Crippen LogP) is 1.88. The SMILES string of the molecule is COc1cccc2c1N(F)C(F)C2=O. The highest BCUT2D eigenvalue weighted by Gasteiger charge is 2.40. The van der Waals surface area contributed by atoms with Crippen LogP contribution in [0.5, 0.6) is 5.75 Å². The second-order valence-corrected chi connectivity index (χ2v) is 2.87. The fraction of sp³-hybridized carbons (Fsp3) is 0.222. The van der Waals surface area contributed by atoms with Gasteiger partial charge in [0.25, 0.3) is 6.30 Å². The number of carbonyl (C=O) groups excluding carboxylic acids is 1.